The molecule has 0 saturated heterocycles. The topological polar surface area (TPSA) is 108 Å². The number of nitrogens with two attached hydrogens (primary N) is 1. The van der Waals surface area contributed by atoms with Gasteiger partial charge in [0.15, 0.2) is 5.13 Å². The number of allylic oxidation sites excluding steroid dienone is 2. The van der Waals surface area contributed by atoms with Crippen LogP contribution in [-0.2, 0) is 4.79 Å². The van der Waals surface area contributed by atoms with Gasteiger partial charge in [-0.25, -0.2) is 4.98 Å². The summed E-state index contributed by atoms with van der Waals surface area (Å²) in [5.41, 5.74) is 6.52. The first-order valence-electron chi connectivity index (χ1n) is 5.83. The largest absolute Gasteiger partial charge is 0.512 e. The third-order valence-electron chi connectivity index (χ3n) is 2.63. The molecule has 1 aromatic heterocycles. The zero-order chi connectivity index (χ0) is 13.8. The van der Waals surface area contributed by atoms with Crippen molar-refractivity contribution in [1.29, 1.82) is 0 Å². The van der Waals surface area contributed by atoms with Crippen molar-refractivity contribution in [3.63, 3.8) is 0 Å². The molecule has 5 N–H and O–H groups in total. The molecule has 0 spiro atoms. The van der Waals surface area contributed by atoms with Gasteiger partial charge in [0.2, 0.25) is 5.91 Å². The molecule has 1 aromatic rings. The summed E-state index contributed by atoms with van der Waals surface area (Å²) >= 11 is 1.28. The Morgan fingerprint density at radius 2 is 2.37 bits per heavy atom. The first-order chi connectivity index (χ1) is 9.10. The van der Waals surface area contributed by atoms with E-state index < -0.39 is 6.10 Å². The van der Waals surface area contributed by atoms with Gasteiger partial charge in [0.05, 0.1) is 17.6 Å². The van der Waals surface area contributed by atoms with Crippen LogP contribution in [-0.4, -0.2) is 33.8 Å². The van der Waals surface area contributed by atoms with Crippen LogP contribution in [0.15, 0.2) is 23.3 Å². The maximum Gasteiger partial charge on any atom is 0.227 e. The summed E-state index contributed by atoms with van der Waals surface area (Å²) in [7, 11) is 0. The standard InChI is InChI=1S/C12H15N3O3S/c13-4-3-11(18)15-12-14-9(6-19-12)8-2-1-7(16)5-10(8)17/h1-2,6,10,16-17H,3-5,13H2,(H,14,15,18). The molecule has 7 heteroatoms. The smallest absolute Gasteiger partial charge is 0.227 e. The summed E-state index contributed by atoms with van der Waals surface area (Å²) in [6.45, 7) is 0.290. The minimum atomic E-state index is -0.778. The fourth-order valence-corrected chi connectivity index (χ4v) is 2.44. The predicted octanol–water partition coefficient (Wildman–Crippen LogP) is 1.02. The number of carbonyl (C=O) groups excluding carboxylic acids is 1. The molecule has 0 aliphatic heterocycles. The van der Waals surface area contributed by atoms with Crippen molar-refractivity contribution in [2.45, 2.75) is 18.9 Å². The number of rotatable bonds is 4. The summed E-state index contributed by atoms with van der Waals surface area (Å²) in [6.07, 6.45) is 2.81. The molecule has 6 nitrogen and oxygen atoms in total. The third kappa shape index (κ3) is 3.40. The van der Waals surface area contributed by atoms with Crippen LogP contribution >= 0.6 is 11.3 Å². The van der Waals surface area contributed by atoms with Crippen LogP contribution in [0.5, 0.6) is 0 Å². The van der Waals surface area contributed by atoms with Crippen LogP contribution in [0.3, 0.4) is 0 Å². The minimum Gasteiger partial charge on any atom is -0.512 e. The highest BCUT2D eigenvalue weighted by atomic mass is 32.1. The van der Waals surface area contributed by atoms with Crippen LogP contribution < -0.4 is 11.1 Å². The Balaban J connectivity index is 2.11. The Kier molecular flexibility index (Phi) is 4.31. The number of thiazole rings is 1. The Bertz CT molecular complexity index is 536. The lowest BCUT2D eigenvalue weighted by Crippen LogP contribution is -2.16. The van der Waals surface area contributed by atoms with Gasteiger partial charge in [-0.1, -0.05) is 6.08 Å². The summed E-state index contributed by atoms with van der Waals surface area (Å²) < 4.78 is 0. The number of amides is 1. The van der Waals surface area contributed by atoms with Crippen molar-refractivity contribution >= 4 is 27.9 Å². The summed E-state index contributed by atoms with van der Waals surface area (Å²) in [6, 6.07) is 0. The number of aliphatic hydroxyl groups excluding tert-OH is 2. The molecule has 0 saturated carbocycles. The molecule has 0 fully saturated rings. The van der Waals surface area contributed by atoms with Crippen molar-refractivity contribution < 1.29 is 15.0 Å². The number of aromatic nitrogens is 1. The van der Waals surface area contributed by atoms with E-state index in [1.165, 1.54) is 17.4 Å². The zero-order valence-electron chi connectivity index (χ0n) is 10.2. The highest BCUT2D eigenvalue weighted by Gasteiger charge is 2.20. The van der Waals surface area contributed by atoms with E-state index in [9.17, 15) is 15.0 Å². The Hall–Kier alpha value is -1.70. The first kappa shape index (κ1) is 13.7. The van der Waals surface area contributed by atoms with E-state index in [2.05, 4.69) is 10.3 Å². The molecule has 1 aliphatic rings. The number of carbonyl (C=O) groups is 1. The lowest BCUT2D eigenvalue weighted by atomic mass is 9.98. The monoisotopic (exact) mass is 281 g/mol. The molecular weight excluding hydrogens is 266 g/mol. The molecule has 1 amide bonds. The second-order valence-corrected chi connectivity index (χ2v) is 4.98. The van der Waals surface area contributed by atoms with E-state index in [-0.39, 0.29) is 31.1 Å². The summed E-state index contributed by atoms with van der Waals surface area (Å²) in [5.74, 6) is -0.0398. The number of hydrogen-bond acceptors (Lipinski definition) is 6. The summed E-state index contributed by atoms with van der Waals surface area (Å²) in [4.78, 5) is 15.6. The lowest BCUT2D eigenvalue weighted by Gasteiger charge is -2.16. The van der Waals surface area contributed by atoms with E-state index in [0.717, 1.165) is 0 Å². The van der Waals surface area contributed by atoms with Gasteiger partial charge < -0.3 is 21.3 Å². The Labute approximate surface area is 114 Å². The number of anilines is 1. The normalized spacial score (nSPS) is 18.7. The van der Waals surface area contributed by atoms with E-state index in [4.69, 9.17) is 5.73 Å². The van der Waals surface area contributed by atoms with E-state index in [1.807, 2.05) is 0 Å². The molecule has 1 heterocycles. The van der Waals surface area contributed by atoms with Gasteiger partial charge in [-0.05, 0) is 6.08 Å². The van der Waals surface area contributed by atoms with Crippen LogP contribution in [0, 0.1) is 0 Å². The molecule has 0 aromatic carbocycles. The van der Waals surface area contributed by atoms with Crippen LogP contribution in [0.4, 0.5) is 5.13 Å². The summed E-state index contributed by atoms with van der Waals surface area (Å²) in [5, 5.41) is 24.0. The maximum atomic E-state index is 11.4. The third-order valence-corrected chi connectivity index (χ3v) is 3.39. The van der Waals surface area contributed by atoms with Gasteiger partial charge in [0.1, 0.15) is 0 Å². The molecule has 1 atom stereocenters. The molecule has 1 unspecified atom stereocenters. The maximum absolute atomic E-state index is 11.4. The fraction of sp³-hybridized carbons (Fsp3) is 0.333. The molecular formula is C12H15N3O3S. The van der Waals surface area contributed by atoms with Gasteiger partial charge in [-0.2, -0.15) is 0 Å². The SMILES string of the molecule is NCCC(=O)Nc1nc(C2=CC=C(O)CC2O)cs1. The van der Waals surface area contributed by atoms with E-state index in [0.29, 0.717) is 16.4 Å². The molecule has 0 bridgehead atoms. The molecule has 102 valence electrons. The van der Waals surface area contributed by atoms with Crippen molar-refractivity contribution in [2.24, 2.45) is 5.73 Å². The fourth-order valence-electron chi connectivity index (χ4n) is 1.71. The molecule has 1 aliphatic carbocycles. The molecule has 19 heavy (non-hydrogen) atoms. The molecule has 2 rings (SSSR count). The zero-order valence-corrected chi connectivity index (χ0v) is 11.0. The predicted molar refractivity (Wildman–Crippen MR) is 73.7 cm³/mol. The highest BCUT2D eigenvalue weighted by molar-refractivity contribution is 7.14. The van der Waals surface area contributed by atoms with Crippen molar-refractivity contribution in [1.82, 2.24) is 4.98 Å². The minimum absolute atomic E-state index is 0.142. The second kappa shape index (κ2) is 5.96. The first-order valence-corrected chi connectivity index (χ1v) is 6.71. The number of nitrogens with zero attached hydrogens (tertiary/aromatic N) is 1. The van der Waals surface area contributed by atoms with Crippen LogP contribution in [0.1, 0.15) is 18.5 Å². The Morgan fingerprint density at radius 1 is 1.58 bits per heavy atom. The van der Waals surface area contributed by atoms with Gasteiger partial charge in [0.25, 0.3) is 0 Å². The molecule has 0 radical (unpaired) electrons. The van der Waals surface area contributed by atoms with Crippen molar-refractivity contribution in [2.75, 3.05) is 11.9 Å². The quantitative estimate of drug-likeness (QED) is 0.659. The van der Waals surface area contributed by atoms with Crippen molar-refractivity contribution in [3.05, 3.63) is 29.0 Å². The second-order valence-electron chi connectivity index (χ2n) is 4.12. The number of nitrogens with one attached hydrogen (secondary N) is 1. The highest BCUT2D eigenvalue weighted by Crippen LogP contribution is 2.28. The van der Waals surface area contributed by atoms with Gasteiger partial charge in [-0.3, -0.25) is 4.79 Å². The lowest BCUT2D eigenvalue weighted by molar-refractivity contribution is -0.116. The van der Waals surface area contributed by atoms with E-state index >= 15 is 0 Å². The van der Waals surface area contributed by atoms with Gasteiger partial charge >= 0.3 is 0 Å². The van der Waals surface area contributed by atoms with Gasteiger partial charge in [-0.15, -0.1) is 11.3 Å². The van der Waals surface area contributed by atoms with Crippen LogP contribution in [0.25, 0.3) is 5.57 Å². The number of hydrogen-bond donors (Lipinski definition) is 4. The van der Waals surface area contributed by atoms with Crippen LogP contribution in [0.2, 0.25) is 0 Å². The average molecular weight is 281 g/mol. The Morgan fingerprint density at radius 3 is 3.05 bits per heavy atom. The van der Waals surface area contributed by atoms with Gasteiger partial charge in [0, 0.05) is 30.3 Å². The van der Waals surface area contributed by atoms with Crippen molar-refractivity contribution in [3.8, 4) is 0 Å². The van der Waals surface area contributed by atoms with E-state index in [1.54, 1.807) is 11.5 Å². The number of aliphatic hydroxyl groups is 2. The average Bonchev–Trinajstić information content (AvgIpc) is 2.77.